The summed E-state index contributed by atoms with van der Waals surface area (Å²) >= 11 is 0. The van der Waals surface area contributed by atoms with E-state index in [0.717, 1.165) is 0 Å². The van der Waals surface area contributed by atoms with Crippen LogP contribution in [0.1, 0.15) is 33.4 Å². The topological polar surface area (TPSA) is 0 Å². The Morgan fingerprint density at radius 3 is 0.579 bits per heavy atom. The molecule has 0 fully saturated rings. The molecule has 1 heteroatoms. The van der Waals surface area contributed by atoms with Gasteiger partial charge in [-0.2, -0.15) is 0 Å². The van der Waals surface area contributed by atoms with Crippen molar-refractivity contribution in [2.75, 3.05) is 0 Å². The number of hydrogen-bond donors (Lipinski definition) is 0. The molecule has 0 saturated carbocycles. The summed E-state index contributed by atoms with van der Waals surface area (Å²) in [5.74, 6) is 0. The van der Waals surface area contributed by atoms with Gasteiger partial charge >= 0.3 is 17.1 Å². The first kappa shape index (κ1) is 18.0. The first-order valence-corrected chi connectivity index (χ1v) is 6.46. The van der Waals surface area contributed by atoms with Crippen molar-refractivity contribution in [1.29, 1.82) is 0 Å². The fraction of sp³-hybridized carbons (Fsp3) is 0.333. The molecule has 2 aromatic rings. The molecule has 0 spiro atoms. The van der Waals surface area contributed by atoms with Gasteiger partial charge in [-0.1, -0.05) is 69.8 Å². The second-order valence-corrected chi connectivity index (χ2v) is 5.33. The smallest absolute Gasteiger partial charge is 0.0564 e. The second-order valence-electron chi connectivity index (χ2n) is 5.33. The van der Waals surface area contributed by atoms with Crippen molar-refractivity contribution in [2.24, 2.45) is 0 Å². The van der Waals surface area contributed by atoms with E-state index < -0.39 is 0 Å². The van der Waals surface area contributed by atoms with Gasteiger partial charge in [0.25, 0.3) is 0 Å². The molecule has 0 aromatic heterocycles. The Bertz CT molecular complexity index is 377. The van der Waals surface area contributed by atoms with Crippen LogP contribution in [0.3, 0.4) is 0 Å². The van der Waals surface area contributed by atoms with Crippen LogP contribution in [0, 0.1) is 41.5 Å². The van der Waals surface area contributed by atoms with Gasteiger partial charge in [-0.15, -0.1) is 0 Å². The van der Waals surface area contributed by atoms with Crippen molar-refractivity contribution in [1.82, 2.24) is 0 Å². The van der Waals surface area contributed by atoms with E-state index in [1.165, 1.54) is 33.4 Å². The maximum absolute atomic E-state index is 2.19. The molecule has 0 heterocycles. The van der Waals surface area contributed by atoms with Gasteiger partial charge < -0.3 is 0 Å². The van der Waals surface area contributed by atoms with E-state index in [0.29, 0.717) is 0 Å². The van der Waals surface area contributed by atoms with Crippen LogP contribution in [0.25, 0.3) is 0 Å². The van der Waals surface area contributed by atoms with Crippen molar-refractivity contribution in [3.8, 4) is 0 Å². The summed E-state index contributed by atoms with van der Waals surface area (Å²) in [7, 11) is 0. The molecule has 0 atom stereocenters. The fourth-order valence-electron chi connectivity index (χ4n) is 2.40. The summed E-state index contributed by atoms with van der Waals surface area (Å²) in [6, 6.07) is 13.1. The fourth-order valence-corrected chi connectivity index (χ4v) is 2.40. The summed E-state index contributed by atoms with van der Waals surface area (Å²) in [6.45, 7) is 12.8. The third kappa shape index (κ3) is 7.20. The summed E-state index contributed by atoms with van der Waals surface area (Å²) in [4.78, 5) is 0. The van der Waals surface area contributed by atoms with Gasteiger partial charge in [0, 0.05) is 0 Å². The van der Waals surface area contributed by atoms with Crippen molar-refractivity contribution in [3.05, 3.63) is 69.8 Å². The van der Waals surface area contributed by atoms with E-state index >= 15 is 0 Å². The van der Waals surface area contributed by atoms with E-state index in [4.69, 9.17) is 0 Å². The molecule has 0 nitrogen and oxygen atoms in total. The molecule has 0 radical (unpaired) electrons. The Hall–Kier alpha value is -1.04. The summed E-state index contributed by atoms with van der Waals surface area (Å²) in [5, 5.41) is 0. The molecule has 0 saturated heterocycles. The molecule has 2 aromatic carbocycles. The molecule has 0 aliphatic heterocycles. The maximum Gasteiger partial charge on any atom is 2.00 e. The minimum atomic E-state index is 0. The summed E-state index contributed by atoms with van der Waals surface area (Å²) in [5.41, 5.74) is 8.13. The molecule has 0 amide bonds. The Morgan fingerprint density at radius 1 is 0.368 bits per heavy atom. The summed E-state index contributed by atoms with van der Waals surface area (Å²) < 4.78 is 0. The third-order valence-electron chi connectivity index (χ3n) is 2.73. The molecule has 0 aliphatic carbocycles. The number of aryl methyl sites for hydroxylation is 6. The van der Waals surface area contributed by atoms with Crippen LogP contribution >= 0.6 is 0 Å². The van der Waals surface area contributed by atoms with Crippen molar-refractivity contribution < 1.29 is 17.1 Å². The van der Waals surface area contributed by atoms with Gasteiger partial charge in [0.2, 0.25) is 0 Å². The molecular weight excluding hydrogens is 272 g/mol. The first-order valence-electron chi connectivity index (χ1n) is 6.46. The second kappa shape index (κ2) is 8.19. The number of hydrogen-bond acceptors (Lipinski definition) is 0. The average Bonchev–Trinajstić information content (AvgIpc) is 2.12. The standard InChI is InChI=1S/2C9H12.Fe/c2*1-7-4-8(2)6-9(3)5-7;/h2*4-6H,1-3H3;/q;;+2. The predicted molar refractivity (Wildman–Crippen MR) is 81.3 cm³/mol. The summed E-state index contributed by atoms with van der Waals surface area (Å²) in [6.07, 6.45) is 0. The Kier molecular flexibility index (Phi) is 7.75. The normalized spacial score (nSPS) is 9.16. The Labute approximate surface area is 128 Å². The van der Waals surface area contributed by atoms with Crippen LogP contribution in [-0.2, 0) is 17.1 Å². The zero-order valence-corrected chi connectivity index (χ0v) is 13.9. The van der Waals surface area contributed by atoms with Gasteiger partial charge in [-0.25, -0.2) is 0 Å². The molecule has 0 N–H and O–H groups in total. The van der Waals surface area contributed by atoms with Crippen LogP contribution in [0.2, 0.25) is 0 Å². The van der Waals surface area contributed by atoms with E-state index in [9.17, 15) is 0 Å². The van der Waals surface area contributed by atoms with Gasteiger partial charge in [-0.05, 0) is 41.5 Å². The van der Waals surface area contributed by atoms with Crippen LogP contribution in [0.15, 0.2) is 36.4 Å². The molecular formula is C18H24Fe+2. The zero-order valence-electron chi connectivity index (χ0n) is 12.8. The Balaban J connectivity index is 0.000000324. The van der Waals surface area contributed by atoms with Crippen LogP contribution in [0.4, 0.5) is 0 Å². The molecule has 102 valence electrons. The van der Waals surface area contributed by atoms with Gasteiger partial charge in [0.05, 0.1) is 0 Å². The molecule has 2 rings (SSSR count). The molecule has 19 heavy (non-hydrogen) atoms. The van der Waals surface area contributed by atoms with Gasteiger partial charge in [-0.3, -0.25) is 0 Å². The van der Waals surface area contributed by atoms with Crippen LogP contribution in [-0.4, -0.2) is 0 Å². The molecule has 0 aliphatic rings. The van der Waals surface area contributed by atoms with Gasteiger partial charge in [0.1, 0.15) is 0 Å². The number of benzene rings is 2. The van der Waals surface area contributed by atoms with E-state index in [-0.39, 0.29) is 17.1 Å². The third-order valence-corrected chi connectivity index (χ3v) is 2.73. The van der Waals surface area contributed by atoms with Crippen molar-refractivity contribution in [2.45, 2.75) is 41.5 Å². The molecule has 0 unspecified atom stereocenters. The van der Waals surface area contributed by atoms with Crippen molar-refractivity contribution >= 4 is 0 Å². The number of rotatable bonds is 0. The monoisotopic (exact) mass is 296 g/mol. The largest absolute Gasteiger partial charge is 2.00 e. The van der Waals surface area contributed by atoms with Gasteiger partial charge in [0.15, 0.2) is 0 Å². The Morgan fingerprint density at radius 2 is 0.474 bits per heavy atom. The maximum atomic E-state index is 2.19. The van der Waals surface area contributed by atoms with Crippen LogP contribution < -0.4 is 0 Å². The minimum absolute atomic E-state index is 0. The van der Waals surface area contributed by atoms with E-state index in [1.54, 1.807) is 0 Å². The SMILES string of the molecule is Cc1cc(C)cc(C)c1.Cc1cc(C)cc(C)c1.[Fe+2]. The quantitative estimate of drug-likeness (QED) is 0.585. The minimum Gasteiger partial charge on any atom is -0.0564 e. The molecule has 0 bridgehead atoms. The average molecular weight is 296 g/mol. The van der Waals surface area contributed by atoms with E-state index in [1.807, 2.05) is 0 Å². The van der Waals surface area contributed by atoms with Crippen molar-refractivity contribution in [3.63, 3.8) is 0 Å². The van der Waals surface area contributed by atoms with E-state index in [2.05, 4.69) is 77.9 Å². The zero-order chi connectivity index (χ0) is 13.7. The first-order chi connectivity index (χ1) is 8.36. The predicted octanol–water partition coefficient (Wildman–Crippen LogP) is 5.22. The van der Waals surface area contributed by atoms with Crippen LogP contribution in [0.5, 0.6) is 0 Å².